The van der Waals surface area contributed by atoms with Crippen LogP contribution in [0.2, 0.25) is 0 Å². The van der Waals surface area contributed by atoms with Gasteiger partial charge in [0.05, 0.1) is 25.0 Å². The number of anilines is 1. The maximum Gasteiger partial charge on any atom is 0.242 e. The third-order valence-corrected chi connectivity index (χ3v) is 4.09. The van der Waals surface area contributed by atoms with Gasteiger partial charge in [-0.05, 0) is 6.92 Å². The molecule has 0 spiro atoms. The van der Waals surface area contributed by atoms with Crippen LogP contribution >= 0.6 is 0 Å². The van der Waals surface area contributed by atoms with Crippen molar-refractivity contribution in [1.29, 1.82) is 0 Å². The largest absolute Gasteiger partial charge is 0.360 e. The molecule has 0 aliphatic carbocycles. The molecule has 8 nitrogen and oxygen atoms in total. The van der Waals surface area contributed by atoms with Gasteiger partial charge in [-0.3, -0.25) is 14.7 Å². The summed E-state index contributed by atoms with van der Waals surface area (Å²) in [4.78, 5) is 26.7. The van der Waals surface area contributed by atoms with Gasteiger partial charge < -0.3 is 14.3 Å². The molecule has 1 aliphatic rings. The molecule has 1 amide bonds. The first-order chi connectivity index (χ1) is 11.6. The standard InChI is InChI=1S/C16H22N6O2/c1-13-9-14(24-19-13)11-21-5-7-22(8-6-21)16(23)12-20(2)15-10-17-3-4-18-15/h3-4,9-10H,5-8,11-12H2,1-2H3. The van der Waals surface area contributed by atoms with E-state index >= 15 is 0 Å². The lowest BCUT2D eigenvalue weighted by Gasteiger charge is -2.35. The molecule has 3 heterocycles. The van der Waals surface area contributed by atoms with Crippen LogP contribution in [0.3, 0.4) is 0 Å². The van der Waals surface area contributed by atoms with Gasteiger partial charge in [0.2, 0.25) is 5.91 Å². The number of piperazine rings is 1. The van der Waals surface area contributed by atoms with E-state index in [0.717, 1.165) is 44.2 Å². The van der Waals surface area contributed by atoms with E-state index in [9.17, 15) is 4.79 Å². The summed E-state index contributed by atoms with van der Waals surface area (Å²) in [5, 5.41) is 3.90. The van der Waals surface area contributed by atoms with Crippen molar-refractivity contribution in [3.63, 3.8) is 0 Å². The first-order valence-corrected chi connectivity index (χ1v) is 8.01. The van der Waals surface area contributed by atoms with E-state index in [2.05, 4.69) is 20.0 Å². The molecule has 0 unspecified atom stereocenters. The van der Waals surface area contributed by atoms with Crippen LogP contribution in [-0.4, -0.2) is 70.6 Å². The Labute approximate surface area is 141 Å². The molecular weight excluding hydrogens is 308 g/mol. The number of amides is 1. The molecule has 2 aromatic heterocycles. The minimum Gasteiger partial charge on any atom is -0.360 e. The molecular formula is C16H22N6O2. The molecule has 0 N–H and O–H groups in total. The molecule has 1 fully saturated rings. The van der Waals surface area contributed by atoms with Crippen LogP contribution in [0.4, 0.5) is 5.82 Å². The van der Waals surface area contributed by atoms with Gasteiger partial charge in [0, 0.05) is 51.7 Å². The minimum absolute atomic E-state index is 0.110. The zero-order valence-electron chi connectivity index (χ0n) is 14.1. The fourth-order valence-corrected chi connectivity index (χ4v) is 2.74. The van der Waals surface area contributed by atoms with Crippen molar-refractivity contribution < 1.29 is 9.32 Å². The molecule has 1 aliphatic heterocycles. The van der Waals surface area contributed by atoms with Crippen molar-refractivity contribution in [2.24, 2.45) is 0 Å². The van der Waals surface area contributed by atoms with E-state index in [1.54, 1.807) is 18.6 Å². The predicted molar refractivity (Wildman–Crippen MR) is 88.4 cm³/mol. The highest BCUT2D eigenvalue weighted by atomic mass is 16.5. The summed E-state index contributed by atoms with van der Waals surface area (Å²) in [6.45, 7) is 6.07. The van der Waals surface area contributed by atoms with E-state index < -0.39 is 0 Å². The fourth-order valence-electron chi connectivity index (χ4n) is 2.74. The van der Waals surface area contributed by atoms with E-state index in [0.29, 0.717) is 12.4 Å². The van der Waals surface area contributed by atoms with Crippen molar-refractivity contribution in [2.75, 3.05) is 44.7 Å². The quantitative estimate of drug-likeness (QED) is 0.792. The average molecular weight is 330 g/mol. The van der Waals surface area contributed by atoms with Crippen molar-refractivity contribution in [3.05, 3.63) is 36.1 Å². The van der Waals surface area contributed by atoms with Gasteiger partial charge in [0.15, 0.2) is 5.76 Å². The number of carbonyl (C=O) groups excluding carboxylic acids is 1. The number of rotatable bonds is 5. The maximum absolute atomic E-state index is 12.4. The van der Waals surface area contributed by atoms with Crippen LogP contribution in [-0.2, 0) is 11.3 Å². The van der Waals surface area contributed by atoms with Crippen LogP contribution in [0.5, 0.6) is 0 Å². The zero-order valence-corrected chi connectivity index (χ0v) is 14.1. The van der Waals surface area contributed by atoms with Gasteiger partial charge in [-0.2, -0.15) is 0 Å². The summed E-state index contributed by atoms with van der Waals surface area (Å²) in [6, 6.07) is 1.95. The van der Waals surface area contributed by atoms with Gasteiger partial charge >= 0.3 is 0 Å². The van der Waals surface area contributed by atoms with Crippen LogP contribution in [0.15, 0.2) is 29.2 Å². The topological polar surface area (TPSA) is 78.6 Å². The zero-order chi connectivity index (χ0) is 16.9. The molecule has 0 aromatic carbocycles. The Kier molecular flexibility index (Phi) is 5.05. The molecule has 0 saturated carbocycles. The monoisotopic (exact) mass is 330 g/mol. The lowest BCUT2D eigenvalue weighted by Crippen LogP contribution is -2.50. The van der Waals surface area contributed by atoms with Crippen molar-refractivity contribution in [2.45, 2.75) is 13.5 Å². The minimum atomic E-state index is 0.110. The summed E-state index contributed by atoms with van der Waals surface area (Å²) in [6.07, 6.45) is 4.90. The van der Waals surface area contributed by atoms with E-state index in [-0.39, 0.29) is 5.91 Å². The first-order valence-electron chi connectivity index (χ1n) is 8.01. The Morgan fingerprint density at radius 3 is 2.71 bits per heavy atom. The first kappa shape index (κ1) is 16.4. The van der Waals surface area contributed by atoms with Crippen molar-refractivity contribution in [1.82, 2.24) is 24.9 Å². The Bertz CT molecular complexity index is 666. The summed E-state index contributed by atoms with van der Waals surface area (Å²) >= 11 is 0. The smallest absolute Gasteiger partial charge is 0.242 e. The van der Waals surface area contributed by atoms with Gasteiger partial charge in [-0.1, -0.05) is 5.16 Å². The molecule has 128 valence electrons. The number of aryl methyl sites for hydroxylation is 1. The highest BCUT2D eigenvalue weighted by Gasteiger charge is 2.23. The Hall–Kier alpha value is -2.48. The second-order valence-corrected chi connectivity index (χ2v) is 6.01. The molecule has 1 saturated heterocycles. The Morgan fingerprint density at radius 1 is 1.29 bits per heavy atom. The lowest BCUT2D eigenvalue weighted by molar-refractivity contribution is -0.131. The molecule has 2 aromatic rings. The van der Waals surface area contributed by atoms with E-state index in [1.165, 1.54) is 0 Å². The highest BCUT2D eigenvalue weighted by Crippen LogP contribution is 2.11. The number of aromatic nitrogens is 3. The molecule has 3 rings (SSSR count). The molecule has 0 atom stereocenters. The lowest BCUT2D eigenvalue weighted by atomic mass is 10.2. The van der Waals surface area contributed by atoms with Crippen LogP contribution in [0.1, 0.15) is 11.5 Å². The van der Waals surface area contributed by atoms with Crippen molar-refractivity contribution >= 4 is 11.7 Å². The van der Waals surface area contributed by atoms with Gasteiger partial charge in [-0.25, -0.2) is 4.98 Å². The van der Waals surface area contributed by atoms with Gasteiger partial charge in [0.1, 0.15) is 5.82 Å². The van der Waals surface area contributed by atoms with Crippen LogP contribution in [0, 0.1) is 6.92 Å². The summed E-state index contributed by atoms with van der Waals surface area (Å²) < 4.78 is 5.25. The summed E-state index contributed by atoms with van der Waals surface area (Å²) in [5.74, 6) is 1.68. The fraction of sp³-hybridized carbons (Fsp3) is 0.500. The molecule has 0 bridgehead atoms. The van der Waals surface area contributed by atoms with Gasteiger partial charge in [0.25, 0.3) is 0 Å². The number of likely N-dealkylation sites (N-methyl/N-ethyl adjacent to an activating group) is 1. The second-order valence-electron chi connectivity index (χ2n) is 6.01. The third kappa shape index (κ3) is 4.08. The normalized spacial score (nSPS) is 15.5. The highest BCUT2D eigenvalue weighted by molar-refractivity contribution is 5.81. The predicted octanol–water partition coefficient (Wildman–Crippen LogP) is 0.554. The van der Waals surface area contributed by atoms with E-state index in [4.69, 9.17) is 4.52 Å². The van der Waals surface area contributed by atoms with Crippen LogP contribution in [0.25, 0.3) is 0 Å². The number of nitrogens with zero attached hydrogens (tertiary/aromatic N) is 6. The molecule has 24 heavy (non-hydrogen) atoms. The summed E-state index contributed by atoms with van der Waals surface area (Å²) in [5.41, 5.74) is 0.894. The molecule has 8 heteroatoms. The number of carbonyl (C=O) groups is 1. The number of hydrogen-bond donors (Lipinski definition) is 0. The Morgan fingerprint density at radius 2 is 2.08 bits per heavy atom. The maximum atomic E-state index is 12.4. The third-order valence-electron chi connectivity index (χ3n) is 4.09. The van der Waals surface area contributed by atoms with E-state index in [1.807, 2.05) is 29.8 Å². The molecule has 0 radical (unpaired) electrons. The van der Waals surface area contributed by atoms with Crippen LogP contribution < -0.4 is 4.90 Å². The second kappa shape index (κ2) is 7.39. The SMILES string of the molecule is Cc1cc(CN2CCN(C(=O)CN(C)c3cnccn3)CC2)on1. The average Bonchev–Trinajstić information content (AvgIpc) is 3.01. The number of hydrogen-bond acceptors (Lipinski definition) is 7. The van der Waals surface area contributed by atoms with Crippen molar-refractivity contribution in [3.8, 4) is 0 Å². The Balaban J connectivity index is 1.46. The van der Waals surface area contributed by atoms with Gasteiger partial charge in [-0.15, -0.1) is 0 Å². The summed E-state index contributed by atoms with van der Waals surface area (Å²) in [7, 11) is 1.85.